The average Bonchev–Trinajstić information content (AvgIpc) is 3.33. The fourth-order valence-electron chi connectivity index (χ4n) is 4.82. The van der Waals surface area contributed by atoms with Crippen molar-refractivity contribution in [2.24, 2.45) is 5.92 Å². The number of anilines is 1. The number of carbonyl (C=O) groups is 2. The predicted octanol–water partition coefficient (Wildman–Crippen LogP) is 2.99. The highest BCUT2D eigenvalue weighted by Gasteiger charge is 2.33. The molecule has 2 fully saturated rings. The van der Waals surface area contributed by atoms with Gasteiger partial charge < -0.3 is 14.7 Å². The second-order valence-electron chi connectivity index (χ2n) is 9.22. The number of ketones is 1. The number of aromatic nitrogens is 4. The van der Waals surface area contributed by atoms with E-state index >= 15 is 0 Å². The Morgan fingerprint density at radius 2 is 2.11 bits per heavy atom. The fourth-order valence-corrected chi connectivity index (χ4v) is 5.33. The minimum Gasteiger partial charge on any atom is -0.477 e. The van der Waals surface area contributed by atoms with E-state index in [9.17, 15) is 19.5 Å². The van der Waals surface area contributed by atoms with Gasteiger partial charge in [-0.05, 0) is 50.7 Å². The molecule has 5 heterocycles. The van der Waals surface area contributed by atoms with E-state index in [0.717, 1.165) is 43.8 Å². The lowest BCUT2D eigenvalue weighted by molar-refractivity contribution is -0.123. The van der Waals surface area contributed by atoms with Crippen molar-refractivity contribution in [2.45, 2.75) is 51.6 Å². The largest absolute Gasteiger partial charge is 0.477 e. The van der Waals surface area contributed by atoms with Gasteiger partial charge in [0, 0.05) is 43.8 Å². The molecule has 0 aromatic carbocycles. The highest BCUT2D eigenvalue weighted by atomic mass is 32.1. The van der Waals surface area contributed by atoms with Crippen LogP contribution in [0.2, 0.25) is 0 Å². The maximum Gasteiger partial charge on any atom is 0.341 e. The van der Waals surface area contributed by atoms with Crippen LogP contribution in [0.15, 0.2) is 23.4 Å². The number of nitrogens with zero attached hydrogens (tertiary/aromatic N) is 5. The van der Waals surface area contributed by atoms with Crippen molar-refractivity contribution in [3.63, 3.8) is 0 Å². The minimum absolute atomic E-state index is 0.0279. The molecule has 5 rings (SSSR count). The van der Waals surface area contributed by atoms with Crippen molar-refractivity contribution in [2.75, 3.05) is 24.6 Å². The minimum atomic E-state index is -1.31. The summed E-state index contributed by atoms with van der Waals surface area (Å²) in [5.41, 5.74) is 0.0228. The van der Waals surface area contributed by atoms with Crippen molar-refractivity contribution in [3.05, 3.63) is 39.9 Å². The fraction of sp³-hybridized carbons (Fsp3) is 0.500. The van der Waals surface area contributed by atoms with Crippen LogP contribution in [0.4, 0.5) is 5.82 Å². The Morgan fingerprint density at radius 3 is 2.80 bits per heavy atom. The Labute approximate surface area is 205 Å². The third-order valence-electron chi connectivity index (χ3n) is 6.81. The Bertz CT molecular complexity index is 1310. The zero-order valence-electron chi connectivity index (χ0n) is 19.5. The molecule has 0 bridgehead atoms. The van der Waals surface area contributed by atoms with Gasteiger partial charge in [0.25, 0.3) is 0 Å². The summed E-state index contributed by atoms with van der Waals surface area (Å²) >= 11 is 1.08. The molecule has 0 aliphatic carbocycles. The molecular formula is C24H27N5O5S. The van der Waals surface area contributed by atoms with Crippen LogP contribution in [0.5, 0.6) is 0 Å². The van der Waals surface area contributed by atoms with Crippen molar-refractivity contribution >= 4 is 40.1 Å². The monoisotopic (exact) mass is 497 g/mol. The van der Waals surface area contributed by atoms with Crippen LogP contribution >= 0.6 is 11.5 Å². The van der Waals surface area contributed by atoms with Gasteiger partial charge in [0.05, 0.1) is 17.4 Å². The van der Waals surface area contributed by atoms with Gasteiger partial charge in [-0.2, -0.15) is 4.37 Å². The number of pyridine rings is 2. The van der Waals surface area contributed by atoms with E-state index in [1.807, 2.05) is 4.90 Å². The highest BCUT2D eigenvalue weighted by molar-refractivity contribution is 7.08. The van der Waals surface area contributed by atoms with Crippen molar-refractivity contribution in [1.82, 2.24) is 18.9 Å². The van der Waals surface area contributed by atoms with Crippen LogP contribution in [0, 0.1) is 12.8 Å². The number of carboxylic acid groups (broad SMARTS) is 1. The van der Waals surface area contributed by atoms with E-state index < -0.39 is 11.4 Å². The molecule has 0 spiro atoms. The SMILES string of the molecule is Cc1cc(N2CC(C(=O)CCCC3CCCCO3)C2)nc2c1c(=O)c(C(=O)O)cn2-c1ncns1. The number of Topliss-reactive ketones (excluding diaryl/α,β-unsaturated/α-hetero) is 1. The first-order valence-corrected chi connectivity index (χ1v) is 12.7. The molecule has 2 saturated heterocycles. The van der Waals surface area contributed by atoms with Crippen LogP contribution in [0.25, 0.3) is 16.2 Å². The number of fused-ring (bicyclic) bond motifs is 1. The van der Waals surface area contributed by atoms with Gasteiger partial charge in [-0.3, -0.25) is 14.2 Å². The summed E-state index contributed by atoms with van der Waals surface area (Å²) in [6.45, 7) is 3.75. The number of hydrogen-bond acceptors (Lipinski definition) is 9. The van der Waals surface area contributed by atoms with Gasteiger partial charge >= 0.3 is 5.97 Å². The first kappa shape index (κ1) is 23.6. The average molecular weight is 498 g/mol. The lowest BCUT2D eigenvalue weighted by Crippen LogP contribution is -2.51. The Balaban J connectivity index is 1.33. The van der Waals surface area contributed by atoms with Crippen molar-refractivity contribution in [1.29, 1.82) is 0 Å². The molecule has 3 aromatic rings. The first-order valence-electron chi connectivity index (χ1n) is 11.9. The molecule has 1 unspecified atom stereocenters. The lowest BCUT2D eigenvalue weighted by Gasteiger charge is -2.39. The zero-order valence-corrected chi connectivity index (χ0v) is 20.3. The summed E-state index contributed by atoms with van der Waals surface area (Å²) in [6, 6.07) is 1.78. The highest BCUT2D eigenvalue weighted by Crippen LogP contribution is 2.29. The van der Waals surface area contributed by atoms with Gasteiger partial charge in [-0.25, -0.2) is 14.8 Å². The van der Waals surface area contributed by atoms with E-state index in [4.69, 9.17) is 9.72 Å². The molecular weight excluding hydrogens is 470 g/mol. The Morgan fingerprint density at radius 1 is 1.29 bits per heavy atom. The van der Waals surface area contributed by atoms with Gasteiger partial charge in [0.15, 0.2) is 5.65 Å². The van der Waals surface area contributed by atoms with E-state index in [1.54, 1.807) is 13.0 Å². The quantitative estimate of drug-likeness (QED) is 0.499. The molecule has 10 nitrogen and oxygen atoms in total. The van der Waals surface area contributed by atoms with Crippen LogP contribution in [-0.2, 0) is 9.53 Å². The maximum absolute atomic E-state index is 12.9. The third-order valence-corrected chi connectivity index (χ3v) is 7.48. The van der Waals surface area contributed by atoms with E-state index in [0.29, 0.717) is 47.8 Å². The van der Waals surface area contributed by atoms with Crippen molar-refractivity contribution < 1.29 is 19.4 Å². The van der Waals surface area contributed by atoms with Gasteiger partial charge in [0.2, 0.25) is 10.6 Å². The number of aromatic carboxylic acids is 1. The van der Waals surface area contributed by atoms with E-state index in [-0.39, 0.29) is 22.7 Å². The number of rotatable bonds is 8. The molecule has 0 radical (unpaired) electrons. The summed E-state index contributed by atoms with van der Waals surface area (Å²) in [7, 11) is 0. The molecule has 1 N–H and O–H groups in total. The Hall–Kier alpha value is -3.18. The summed E-state index contributed by atoms with van der Waals surface area (Å²) < 4.78 is 11.3. The summed E-state index contributed by atoms with van der Waals surface area (Å²) in [5.74, 6) is -0.417. The van der Waals surface area contributed by atoms with Gasteiger partial charge in [-0.15, -0.1) is 0 Å². The molecule has 0 amide bonds. The molecule has 1 atom stereocenters. The second kappa shape index (κ2) is 9.82. The van der Waals surface area contributed by atoms with Gasteiger partial charge in [0.1, 0.15) is 23.5 Å². The summed E-state index contributed by atoms with van der Waals surface area (Å²) in [5, 5.41) is 10.2. The first-order chi connectivity index (χ1) is 16.9. The van der Waals surface area contributed by atoms with E-state index in [2.05, 4.69) is 9.36 Å². The number of ether oxygens (including phenoxy) is 1. The van der Waals surface area contributed by atoms with Gasteiger partial charge in [-0.1, -0.05) is 0 Å². The lowest BCUT2D eigenvalue weighted by atomic mass is 9.91. The molecule has 3 aromatic heterocycles. The predicted molar refractivity (Wildman–Crippen MR) is 131 cm³/mol. The topological polar surface area (TPSA) is 128 Å². The van der Waals surface area contributed by atoms with Crippen molar-refractivity contribution in [3.8, 4) is 5.13 Å². The van der Waals surface area contributed by atoms with Crippen LogP contribution < -0.4 is 10.3 Å². The number of aryl methyl sites for hydroxylation is 1. The maximum atomic E-state index is 12.9. The van der Waals surface area contributed by atoms with Crippen LogP contribution in [0.1, 0.15) is 54.4 Å². The number of carboxylic acids is 1. The molecule has 184 valence electrons. The molecule has 2 aliphatic rings. The normalized spacial score (nSPS) is 18.5. The third kappa shape index (κ3) is 4.70. The Kier molecular flexibility index (Phi) is 6.61. The molecule has 11 heteroatoms. The van der Waals surface area contributed by atoms with Crippen LogP contribution in [0.3, 0.4) is 0 Å². The smallest absolute Gasteiger partial charge is 0.341 e. The molecule has 35 heavy (non-hydrogen) atoms. The second-order valence-corrected chi connectivity index (χ2v) is 9.97. The number of hydrogen-bond donors (Lipinski definition) is 1. The molecule has 0 saturated carbocycles. The summed E-state index contributed by atoms with van der Waals surface area (Å²) in [4.78, 5) is 48.1. The van der Waals surface area contributed by atoms with Crippen LogP contribution in [-0.4, -0.2) is 61.6 Å². The standard InChI is InChI=1S/C24H27N5O5S/c1-14-9-19(28-10-15(11-28)18(30)7-4-6-16-5-2-3-8-34-16)27-22-20(14)21(31)17(23(32)33)12-29(22)24-25-13-26-35-24/h9,12-13,15-16H,2-8,10-11H2,1H3,(H,32,33). The zero-order chi connectivity index (χ0) is 24.5. The van der Waals surface area contributed by atoms with E-state index in [1.165, 1.54) is 23.5 Å². The molecule has 2 aliphatic heterocycles. The number of carbonyl (C=O) groups excluding carboxylic acids is 1. The summed E-state index contributed by atoms with van der Waals surface area (Å²) in [6.07, 6.45) is 8.71.